The summed E-state index contributed by atoms with van der Waals surface area (Å²) in [5.74, 6) is -1.31. The van der Waals surface area contributed by atoms with Crippen LogP contribution in [0.25, 0.3) is 0 Å². The van der Waals surface area contributed by atoms with Crippen LogP contribution in [0.15, 0.2) is 66.7 Å². The van der Waals surface area contributed by atoms with Gasteiger partial charge in [0.05, 0.1) is 22.5 Å². The van der Waals surface area contributed by atoms with Crippen molar-refractivity contribution in [3.63, 3.8) is 0 Å². The van der Waals surface area contributed by atoms with Crippen LogP contribution in [-0.4, -0.2) is 11.8 Å². The van der Waals surface area contributed by atoms with Crippen LogP contribution >= 0.6 is 11.6 Å². The molecule has 1 aliphatic heterocycles. The van der Waals surface area contributed by atoms with Crippen molar-refractivity contribution in [1.29, 1.82) is 0 Å². The van der Waals surface area contributed by atoms with Crippen LogP contribution in [0, 0.1) is 11.8 Å². The van der Waals surface area contributed by atoms with E-state index in [9.17, 15) is 9.59 Å². The molecule has 3 aromatic rings. The summed E-state index contributed by atoms with van der Waals surface area (Å²) < 4.78 is 0. The van der Waals surface area contributed by atoms with Crippen molar-refractivity contribution < 1.29 is 9.59 Å². The van der Waals surface area contributed by atoms with E-state index in [4.69, 9.17) is 11.6 Å². The van der Waals surface area contributed by atoms with Gasteiger partial charge in [0.2, 0.25) is 11.8 Å². The molecule has 3 aromatic carbocycles. The van der Waals surface area contributed by atoms with Crippen LogP contribution in [0.3, 0.4) is 0 Å². The number of rotatable bonds is 1. The minimum absolute atomic E-state index is 0.00371. The van der Waals surface area contributed by atoms with Crippen LogP contribution < -0.4 is 4.90 Å². The molecule has 160 valence electrons. The normalized spacial score (nSPS) is 25.6. The molecule has 2 amide bonds. The summed E-state index contributed by atoms with van der Waals surface area (Å²) in [7, 11) is 0. The van der Waals surface area contributed by atoms with Crippen molar-refractivity contribution in [2.45, 2.75) is 38.0 Å². The summed E-state index contributed by atoms with van der Waals surface area (Å²) in [4.78, 5) is 29.0. The van der Waals surface area contributed by atoms with Gasteiger partial charge >= 0.3 is 0 Å². The Kier molecular flexibility index (Phi) is 4.04. The lowest BCUT2D eigenvalue weighted by atomic mass is 9.54. The summed E-state index contributed by atoms with van der Waals surface area (Å²) in [6, 6.07) is 22.1. The van der Waals surface area contributed by atoms with Crippen molar-refractivity contribution in [3.8, 4) is 0 Å². The highest BCUT2D eigenvalue weighted by Crippen LogP contribution is 2.61. The van der Waals surface area contributed by atoms with Crippen molar-refractivity contribution in [2.75, 3.05) is 4.90 Å². The molecule has 2 bridgehead atoms. The molecular weight excluding hydrogens is 418 g/mol. The zero-order valence-corrected chi connectivity index (χ0v) is 19.1. The summed E-state index contributed by atoms with van der Waals surface area (Å²) in [6.07, 6.45) is 0. The smallest absolute Gasteiger partial charge is 0.238 e. The Morgan fingerprint density at radius 3 is 1.84 bits per heavy atom. The monoisotopic (exact) mass is 441 g/mol. The predicted octanol–water partition coefficient (Wildman–Crippen LogP) is 6.03. The number of anilines is 1. The fraction of sp³-hybridized carbons (Fsp3) is 0.286. The van der Waals surface area contributed by atoms with Crippen LogP contribution in [0.2, 0.25) is 5.02 Å². The van der Waals surface area contributed by atoms with E-state index in [0.717, 1.165) is 0 Å². The van der Waals surface area contributed by atoms with Gasteiger partial charge in [-0.1, -0.05) is 87.0 Å². The standard InChI is InChI=1S/C28H24ClNO2/c1-28(2,3)15-12-13-18-19(14-15)23-17-9-5-4-8-16(17)22(18)24-25(23)27(32)30(26(24)31)21-11-7-6-10-20(21)29/h4-14,22-25H,1-3H3/t22-,23-,24-,25+/m0/s1. The number of benzene rings is 3. The predicted molar refractivity (Wildman–Crippen MR) is 126 cm³/mol. The SMILES string of the molecule is CC(C)(C)c1ccc2c(c1)[C@@H]1c3ccccc3[C@@H]2[C@@H]2C(=O)N(c3ccccc3Cl)C(=O)[C@H]12. The van der Waals surface area contributed by atoms with E-state index in [1.54, 1.807) is 12.1 Å². The second-order valence-corrected chi connectivity index (χ2v) is 10.6. The number of carbonyl (C=O) groups excluding carboxylic acids is 2. The molecule has 0 unspecified atom stereocenters. The molecular formula is C28H24ClNO2. The van der Waals surface area contributed by atoms with Crippen molar-refractivity contribution in [1.82, 2.24) is 0 Å². The zero-order valence-electron chi connectivity index (χ0n) is 18.3. The Morgan fingerprint density at radius 2 is 1.25 bits per heavy atom. The first-order valence-corrected chi connectivity index (χ1v) is 11.5. The van der Waals surface area contributed by atoms with Gasteiger partial charge in [0.15, 0.2) is 0 Å². The van der Waals surface area contributed by atoms with Gasteiger partial charge in [0.25, 0.3) is 0 Å². The summed E-state index contributed by atoms with van der Waals surface area (Å²) in [5, 5.41) is 0.422. The van der Waals surface area contributed by atoms with Gasteiger partial charge in [-0.05, 0) is 45.4 Å². The average Bonchev–Trinajstić information content (AvgIpc) is 3.04. The fourth-order valence-electron chi connectivity index (χ4n) is 6.06. The highest BCUT2D eigenvalue weighted by Gasteiger charge is 2.62. The fourth-order valence-corrected chi connectivity index (χ4v) is 6.28. The van der Waals surface area contributed by atoms with Crippen molar-refractivity contribution >= 4 is 29.1 Å². The Labute approximate surface area is 193 Å². The third-order valence-corrected chi connectivity index (χ3v) is 7.82. The molecule has 0 radical (unpaired) electrons. The maximum absolute atomic E-state index is 13.8. The highest BCUT2D eigenvalue weighted by atomic mass is 35.5. The third kappa shape index (κ3) is 2.49. The number of amides is 2. The topological polar surface area (TPSA) is 37.4 Å². The van der Waals surface area contributed by atoms with Crippen LogP contribution in [0.5, 0.6) is 0 Å². The molecule has 3 aliphatic carbocycles. The van der Waals surface area contributed by atoms with Crippen LogP contribution in [0.4, 0.5) is 5.69 Å². The van der Waals surface area contributed by atoms with Gasteiger partial charge in [-0.2, -0.15) is 0 Å². The molecule has 4 atom stereocenters. The zero-order chi connectivity index (χ0) is 22.4. The van der Waals surface area contributed by atoms with Gasteiger partial charge in [-0.25, -0.2) is 4.90 Å². The lowest BCUT2D eigenvalue weighted by molar-refractivity contribution is -0.122. The Morgan fingerprint density at radius 1 is 0.719 bits per heavy atom. The molecule has 0 spiro atoms. The first kappa shape index (κ1) is 19.8. The number of hydrogen-bond donors (Lipinski definition) is 0. The van der Waals surface area contributed by atoms with E-state index in [1.165, 1.54) is 32.7 Å². The van der Waals surface area contributed by atoms with E-state index in [-0.39, 0.29) is 29.1 Å². The second kappa shape index (κ2) is 6.55. The number of halogens is 1. The molecule has 0 saturated carbocycles. The highest BCUT2D eigenvalue weighted by molar-refractivity contribution is 6.36. The van der Waals surface area contributed by atoms with Gasteiger partial charge in [-0.15, -0.1) is 0 Å². The molecule has 3 nitrogen and oxygen atoms in total. The van der Waals surface area contributed by atoms with Crippen molar-refractivity contribution in [3.05, 3.63) is 99.6 Å². The lowest BCUT2D eigenvalue weighted by Crippen LogP contribution is -2.41. The Balaban J connectivity index is 1.58. The minimum Gasteiger partial charge on any atom is -0.274 e. The molecule has 1 fully saturated rings. The first-order valence-electron chi connectivity index (χ1n) is 11.1. The Hall–Kier alpha value is -2.91. The van der Waals surface area contributed by atoms with Gasteiger partial charge in [0.1, 0.15) is 0 Å². The summed E-state index contributed by atoms with van der Waals surface area (Å²) >= 11 is 6.42. The van der Waals surface area contributed by atoms with E-state index in [0.29, 0.717) is 10.7 Å². The van der Waals surface area contributed by atoms with Crippen LogP contribution in [0.1, 0.15) is 60.4 Å². The molecule has 0 N–H and O–H groups in total. The molecule has 0 aromatic heterocycles. The lowest BCUT2D eigenvalue weighted by Gasteiger charge is -2.46. The number of para-hydroxylation sites is 1. The minimum atomic E-state index is -0.401. The third-order valence-electron chi connectivity index (χ3n) is 7.50. The van der Waals surface area contributed by atoms with E-state index in [1.807, 2.05) is 24.3 Å². The van der Waals surface area contributed by atoms with Gasteiger partial charge in [-0.3, -0.25) is 9.59 Å². The van der Waals surface area contributed by atoms with Gasteiger partial charge in [0, 0.05) is 11.8 Å². The number of nitrogens with zero attached hydrogens (tertiary/aromatic N) is 1. The molecule has 4 aliphatic rings. The average molecular weight is 442 g/mol. The molecule has 4 heteroatoms. The van der Waals surface area contributed by atoms with Crippen molar-refractivity contribution in [2.24, 2.45) is 11.8 Å². The molecule has 32 heavy (non-hydrogen) atoms. The number of hydrogen-bond acceptors (Lipinski definition) is 2. The Bertz CT molecular complexity index is 1300. The summed E-state index contributed by atoms with van der Waals surface area (Å²) in [5.41, 5.74) is 6.48. The first-order chi connectivity index (χ1) is 15.3. The molecule has 7 rings (SSSR count). The maximum Gasteiger partial charge on any atom is 0.238 e. The number of imide groups is 1. The number of carbonyl (C=O) groups is 2. The molecule has 1 saturated heterocycles. The van der Waals surface area contributed by atoms with Gasteiger partial charge < -0.3 is 0 Å². The van der Waals surface area contributed by atoms with E-state index in [2.05, 4.69) is 51.1 Å². The quantitative estimate of drug-likeness (QED) is 0.432. The maximum atomic E-state index is 13.8. The largest absolute Gasteiger partial charge is 0.274 e. The van der Waals surface area contributed by atoms with E-state index >= 15 is 0 Å². The summed E-state index contributed by atoms with van der Waals surface area (Å²) in [6.45, 7) is 6.61. The van der Waals surface area contributed by atoms with E-state index < -0.39 is 11.8 Å². The second-order valence-electron chi connectivity index (χ2n) is 10.2. The van der Waals surface area contributed by atoms with Crippen LogP contribution in [-0.2, 0) is 15.0 Å². The molecule has 1 heterocycles.